The van der Waals surface area contributed by atoms with E-state index in [1.165, 1.54) is 0 Å². The lowest BCUT2D eigenvalue weighted by atomic mass is 9.73. The maximum Gasteiger partial charge on any atom is 0.310 e. The number of carbonyl (C=O) groups excluding carboxylic acids is 1. The Morgan fingerprint density at radius 1 is 1.71 bits per heavy atom. The minimum Gasteiger partial charge on any atom is -0.466 e. The summed E-state index contributed by atoms with van der Waals surface area (Å²) in [5, 5.41) is 9.47. The van der Waals surface area contributed by atoms with Crippen molar-refractivity contribution >= 4 is 5.97 Å². The Hall–Kier alpha value is -0.610. The molecule has 1 rings (SSSR count). The normalized spacial score (nSPS) is 38.0. The van der Waals surface area contributed by atoms with Gasteiger partial charge in [0.05, 0.1) is 18.6 Å². The Bertz CT molecular complexity index is 215. The summed E-state index contributed by atoms with van der Waals surface area (Å²) in [5.41, 5.74) is 5.47. The van der Waals surface area contributed by atoms with Gasteiger partial charge in [-0.05, 0) is 33.1 Å². The molecule has 0 aliphatic heterocycles. The van der Waals surface area contributed by atoms with Crippen LogP contribution in [0, 0.1) is 5.92 Å². The molecule has 82 valence electrons. The van der Waals surface area contributed by atoms with Crippen molar-refractivity contribution in [1.82, 2.24) is 0 Å². The van der Waals surface area contributed by atoms with Crippen molar-refractivity contribution < 1.29 is 14.6 Å². The highest BCUT2D eigenvalue weighted by Gasteiger charge is 2.41. The first-order chi connectivity index (χ1) is 6.47. The van der Waals surface area contributed by atoms with E-state index in [1.54, 1.807) is 6.92 Å². The van der Waals surface area contributed by atoms with Crippen molar-refractivity contribution in [3.63, 3.8) is 0 Å². The lowest BCUT2D eigenvalue weighted by Gasteiger charge is -2.38. The summed E-state index contributed by atoms with van der Waals surface area (Å²) in [6, 6.07) is 0. The fraction of sp³-hybridized carbons (Fsp3) is 0.900. The average Bonchev–Trinajstić information content (AvgIpc) is 2.10. The van der Waals surface area contributed by atoms with Crippen LogP contribution in [-0.4, -0.2) is 29.3 Å². The number of esters is 1. The van der Waals surface area contributed by atoms with Gasteiger partial charge in [-0.3, -0.25) is 4.79 Å². The molecule has 3 atom stereocenters. The Morgan fingerprint density at radius 2 is 2.36 bits per heavy atom. The summed E-state index contributed by atoms with van der Waals surface area (Å²) >= 11 is 0. The Balaban J connectivity index is 2.67. The zero-order valence-electron chi connectivity index (χ0n) is 8.82. The van der Waals surface area contributed by atoms with E-state index in [1.807, 2.05) is 6.92 Å². The molecule has 0 bridgehead atoms. The first kappa shape index (κ1) is 11.5. The summed E-state index contributed by atoms with van der Waals surface area (Å²) in [7, 11) is 0. The first-order valence-corrected chi connectivity index (χ1v) is 5.11. The van der Waals surface area contributed by atoms with E-state index in [-0.39, 0.29) is 11.9 Å². The van der Waals surface area contributed by atoms with Gasteiger partial charge in [-0.2, -0.15) is 0 Å². The minimum absolute atomic E-state index is 0.281. The lowest BCUT2D eigenvalue weighted by Crippen LogP contribution is -2.52. The van der Waals surface area contributed by atoms with Crippen LogP contribution in [0.4, 0.5) is 0 Å². The van der Waals surface area contributed by atoms with Crippen LogP contribution >= 0.6 is 0 Å². The van der Waals surface area contributed by atoms with Gasteiger partial charge in [-0.25, -0.2) is 0 Å². The summed E-state index contributed by atoms with van der Waals surface area (Å²) in [4.78, 5) is 11.5. The molecule has 1 aliphatic rings. The van der Waals surface area contributed by atoms with Gasteiger partial charge < -0.3 is 15.6 Å². The van der Waals surface area contributed by atoms with Crippen LogP contribution in [0.25, 0.3) is 0 Å². The highest BCUT2D eigenvalue weighted by molar-refractivity contribution is 5.74. The van der Waals surface area contributed by atoms with E-state index in [9.17, 15) is 9.90 Å². The molecular weight excluding hydrogens is 182 g/mol. The number of aliphatic hydroxyl groups excluding tert-OH is 1. The molecule has 1 fully saturated rings. The van der Waals surface area contributed by atoms with Crippen LogP contribution in [0.5, 0.6) is 0 Å². The van der Waals surface area contributed by atoms with Crippen LogP contribution in [-0.2, 0) is 9.53 Å². The second-order valence-electron chi connectivity index (χ2n) is 4.24. The minimum atomic E-state index is -0.536. The molecule has 14 heavy (non-hydrogen) atoms. The third-order valence-electron chi connectivity index (χ3n) is 2.89. The smallest absolute Gasteiger partial charge is 0.310 e. The maximum atomic E-state index is 11.5. The number of aliphatic hydroxyl groups is 1. The standard InChI is InChI=1S/C10H19NO3/c1-3-14-9(13)8-6-7(12)4-5-10(8,2)11/h7-8,12H,3-6,11H2,1-2H3. The SMILES string of the molecule is CCOC(=O)C1CC(O)CCC1(C)N. The van der Waals surface area contributed by atoms with Gasteiger partial charge in [-0.15, -0.1) is 0 Å². The van der Waals surface area contributed by atoms with Crippen molar-refractivity contribution in [3.8, 4) is 0 Å². The van der Waals surface area contributed by atoms with Crippen molar-refractivity contribution in [2.45, 2.75) is 44.8 Å². The van der Waals surface area contributed by atoms with Crippen LogP contribution < -0.4 is 5.73 Å². The van der Waals surface area contributed by atoms with Gasteiger partial charge in [0, 0.05) is 5.54 Å². The molecule has 3 unspecified atom stereocenters. The maximum absolute atomic E-state index is 11.5. The molecule has 1 aliphatic carbocycles. The highest BCUT2D eigenvalue weighted by atomic mass is 16.5. The number of hydrogen-bond donors (Lipinski definition) is 2. The topological polar surface area (TPSA) is 72.5 Å². The monoisotopic (exact) mass is 201 g/mol. The average molecular weight is 201 g/mol. The Morgan fingerprint density at radius 3 is 2.93 bits per heavy atom. The largest absolute Gasteiger partial charge is 0.466 e. The number of ether oxygens (including phenoxy) is 1. The van der Waals surface area contributed by atoms with Gasteiger partial charge in [0.15, 0.2) is 0 Å². The van der Waals surface area contributed by atoms with E-state index in [0.29, 0.717) is 25.9 Å². The second-order valence-corrected chi connectivity index (χ2v) is 4.24. The van der Waals surface area contributed by atoms with Crippen molar-refractivity contribution in [3.05, 3.63) is 0 Å². The lowest BCUT2D eigenvalue weighted by molar-refractivity contribution is -0.153. The molecule has 0 radical (unpaired) electrons. The molecule has 0 spiro atoms. The molecule has 0 heterocycles. The van der Waals surface area contributed by atoms with Crippen LogP contribution in [0.3, 0.4) is 0 Å². The van der Waals surface area contributed by atoms with Gasteiger partial charge in [-0.1, -0.05) is 0 Å². The van der Waals surface area contributed by atoms with E-state index < -0.39 is 11.6 Å². The van der Waals surface area contributed by atoms with E-state index >= 15 is 0 Å². The summed E-state index contributed by atoms with van der Waals surface area (Å²) in [6.07, 6.45) is 1.34. The molecular formula is C10H19NO3. The molecule has 0 aromatic rings. The second kappa shape index (κ2) is 4.28. The predicted molar refractivity (Wildman–Crippen MR) is 52.6 cm³/mol. The molecule has 4 nitrogen and oxygen atoms in total. The predicted octanol–water partition coefficient (Wildman–Crippen LogP) is 0.428. The molecule has 0 aromatic carbocycles. The molecule has 4 heteroatoms. The quantitative estimate of drug-likeness (QED) is 0.635. The highest BCUT2D eigenvalue weighted by Crippen LogP contribution is 2.32. The molecule has 0 aromatic heterocycles. The van der Waals surface area contributed by atoms with E-state index in [2.05, 4.69) is 0 Å². The summed E-state index contributed by atoms with van der Waals surface area (Å²) in [5.74, 6) is -0.651. The van der Waals surface area contributed by atoms with Crippen molar-refractivity contribution in [2.75, 3.05) is 6.61 Å². The van der Waals surface area contributed by atoms with Gasteiger partial charge in [0.2, 0.25) is 0 Å². The molecule has 0 amide bonds. The molecule has 1 saturated carbocycles. The zero-order chi connectivity index (χ0) is 10.8. The van der Waals surface area contributed by atoms with Gasteiger partial charge >= 0.3 is 5.97 Å². The molecule has 3 N–H and O–H groups in total. The van der Waals surface area contributed by atoms with Crippen LogP contribution in [0.1, 0.15) is 33.1 Å². The van der Waals surface area contributed by atoms with Crippen LogP contribution in [0.2, 0.25) is 0 Å². The number of hydrogen-bond acceptors (Lipinski definition) is 4. The summed E-state index contributed by atoms with van der Waals surface area (Å²) in [6.45, 7) is 3.98. The van der Waals surface area contributed by atoms with Gasteiger partial charge in [0.25, 0.3) is 0 Å². The molecule has 0 saturated heterocycles. The zero-order valence-corrected chi connectivity index (χ0v) is 8.82. The summed E-state index contributed by atoms with van der Waals surface area (Å²) < 4.78 is 4.94. The number of carbonyl (C=O) groups is 1. The first-order valence-electron chi connectivity index (χ1n) is 5.11. The van der Waals surface area contributed by atoms with Crippen molar-refractivity contribution in [2.24, 2.45) is 11.7 Å². The van der Waals surface area contributed by atoms with E-state index in [0.717, 1.165) is 0 Å². The third-order valence-corrected chi connectivity index (χ3v) is 2.89. The van der Waals surface area contributed by atoms with E-state index in [4.69, 9.17) is 10.5 Å². The Labute approximate surface area is 84.4 Å². The fourth-order valence-electron chi connectivity index (χ4n) is 1.92. The van der Waals surface area contributed by atoms with Crippen molar-refractivity contribution in [1.29, 1.82) is 0 Å². The third kappa shape index (κ3) is 2.45. The number of nitrogens with two attached hydrogens (primary N) is 1. The fourth-order valence-corrected chi connectivity index (χ4v) is 1.92. The van der Waals surface area contributed by atoms with Gasteiger partial charge in [0.1, 0.15) is 0 Å². The van der Waals surface area contributed by atoms with Crippen LogP contribution in [0.15, 0.2) is 0 Å². The number of rotatable bonds is 2. The Kier molecular flexibility index (Phi) is 3.50.